The third kappa shape index (κ3) is 1.69. The van der Waals surface area contributed by atoms with E-state index in [9.17, 15) is 0 Å². The number of nitriles is 1. The van der Waals surface area contributed by atoms with Crippen molar-refractivity contribution in [3.8, 4) is 6.07 Å². The molecule has 2 aromatic rings. The standard InChI is InChI=1S/C11H10BrN2P/c1-15(2)11-7(5-13)3-4-8-9(12)6-14-10(8)11/h3-4,6,14H,1-2H3. The van der Waals surface area contributed by atoms with E-state index in [2.05, 4.69) is 40.3 Å². The Labute approximate surface area is 98.2 Å². The van der Waals surface area contributed by atoms with Crippen molar-refractivity contribution in [1.29, 1.82) is 5.26 Å². The van der Waals surface area contributed by atoms with E-state index in [1.807, 2.05) is 18.3 Å². The molecule has 0 aliphatic carbocycles. The van der Waals surface area contributed by atoms with Crippen LogP contribution in [0, 0.1) is 11.3 Å². The van der Waals surface area contributed by atoms with Gasteiger partial charge in [-0.3, -0.25) is 0 Å². The van der Waals surface area contributed by atoms with Crippen molar-refractivity contribution in [3.05, 3.63) is 28.4 Å². The van der Waals surface area contributed by atoms with Gasteiger partial charge in [-0.05, 0) is 35.3 Å². The van der Waals surface area contributed by atoms with E-state index in [-0.39, 0.29) is 7.92 Å². The molecule has 0 fully saturated rings. The molecule has 1 heterocycles. The van der Waals surface area contributed by atoms with Crippen LogP contribution >= 0.6 is 23.9 Å². The number of hydrogen-bond acceptors (Lipinski definition) is 1. The molecule has 15 heavy (non-hydrogen) atoms. The molecule has 0 spiro atoms. The number of benzene rings is 1. The molecule has 4 heteroatoms. The summed E-state index contributed by atoms with van der Waals surface area (Å²) in [7, 11) is -0.283. The fourth-order valence-electron chi connectivity index (χ4n) is 1.70. The average molecular weight is 281 g/mol. The van der Waals surface area contributed by atoms with E-state index in [1.54, 1.807) is 0 Å². The van der Waals surface area contributed by atoms with Crippen molar-refractivity contribution < 1.29 is 0 Å². The third-order valence-electron chi connectivity index (χ3n) is 2.35. The van der Waals surface area contributed by atoms with Crippen LogP contribution in [-0.4, -0.2) is 18.3 Å². The number of aromatic amines is 1. The smallest absolute Gasteiger partial charge is 0.0999 e. The van der Waals surface area contributed by atoms with Gasteiger partial charge in [0.15, 0.2) is 0 Å². The summed E-state index contributed by atoms with van der Waals surface area (Å²) in [6.07, 6.45) is 1.92. The predicted octanol–water partition coefficient (Wildman–Crippen LogP) is 3.17. The van der Waals surface area contributed by atoms with Crippen LogP contribution < -0.4 is 5.30 Å². The molecule has 2 rings (SSSR count). The van der Waals surface area contributed by atoms with Crippen LogP contribution in [0.4, 0.5) is 0 Å². The van der Waals surface area contributed by atoms with Gasteiger partial charge in [0.05, 0.1) is 17.1 Å². The van der Waals surface area contributed by atoms with E-state index in [0.717, 1.165) is 26.2 Å². The molecule has 0 bridgehead atoms. The van der Waals surface area contributed by atoms with Crippen LogP contribution in [0.25, 0.3) is 10.9 Å². The molecule has 0 atom stereocenters. The van der Waals surface area contributed by atoms with E-state index >= 15 is 0 Å². The summed E-state index contributed by atoms with van der Waals surface area (Å²) >= 11 is 3.49. The minimum atomic E-state index is -0.283. The molecule has 0 amide bonds. The monoisotopic (exact) mass is 280 g/mol. The second kappa shape index (κ2) is 3.96. The molecule has 0 aliphatic rings. The summed E-state index contributed by atoms with van der Waals surface area (Å²) in [6, 6.07) is 6.14. The number of nitrogens with one attached hydrogen (secondary N) is 1. The van der Waals surface area contributed by atoms with Gasteiger partial charge in [-0.1, -0.05) is 14.0 Å². The Bertz CT molecular complexity index is 551. The summed E-state index contributed by atoms with van der Waals surface area (Å²) in [5.41, 5.74) is 1.88. The number of hydrogen-bond donors (Lipinski definition) is 1. The summed E-state index contributed by atoms with van der Waals surface area (Å²) in [4.78, 5) is 3.23. The Kier molecular flexibility index (Phi) is 2.82. The molecule has 76 valence electrons. The second-order valence-electron chi connectivity index (χ2n) is 3.53. The minimum Gasteiger partial charge on any atom is -0.359 e. The zero-order valence-corrected chi connectivity index (χ0v) is 11.0. The lowest BCUT2D eigenvalue weighted by atomic mass is 10.2. The summed E-state index contributed by atoms with van der Waals surface area (Å²) in [5, 5.41) is 11.4. The highest BCUT2D eigenvalue weighted by molar-refractivity contribution is 9.10. The van der Waals surface area contributed by atoms with E-state index in [1.165, 1.54) is 0 Å². The summed E-state index contributed by atoms with van der Waals surface area (Å²) < 4.78 is 1.06. The summed E-state index contributed by atoms with van der Waals surface area (Å²) in [6.45, 7) is 4.33. The van der Waals surface area contributed by atoms with Crippen molar-refractivity contribution in [2.24, 2.45) is 0 Å². The van der Waals surface area contributed by atoms with Gasteiger partial charge >= 0.3 is 0 Å². The molecule has 0 radical (unpaired) electrons. The first kappa shape index (κ1) is 10.7. The molecule has 1 aromatic carbocycles. The van der Waals surface area contributed by atoms with E-state index < -0.39 is 0 Å². The van der Waals surface area contributed by atoms with Crippen LogP contribution in [0.2, 0.25) is 0 Å². The molecule has 0 saturated heterocycles. The molecule has 1 N–H and O–H groups in total. The average Bonchev–Trinajstić information content (AvgIpc) is 2.58. The maximum Gasteiger partial charge on any atom is 0.0999 e. The Balaban J connectivity index is 2.87. The van der Waals surface area contributed by atoms with Gasteiger partial charge < -0.3 is 4.98 Å². The van der Waals surface area contributed by atoms with Gasteiger partial charge in [0, 0.05) is 21.4 Å². The SMILES string of the molecule is CP(C)c1c(C#N)ccc2c(Br)c[nH]c12. The maximum absolute atomic E-state index is 9.07. The molecule has 1 aromatic heterocycles. The van der Waals surface area contributed by atoms with Gasteiger partial charge in [0.2, 0.25) is 0 Å². The minimum absolute atomic E-state index is 0.283. The molecule has 2 nitrogen and oxygen atoms in total. The highest BCUT2D eigenvalue weighted by Gasteiger charge is 2.13. The normalized spacial score (nSPS) is 10.9. The lowest BCUT2D eigenvalue weighted by molar-refractivity contribution is 1.47. The quantitative estimate of drug-likeness (QED) is 0.801. The van der Waals surface area contributed by atoms with Gasteiger partial charge in [0.1, 0.15) is 0 Å². The van der Waals surface area contributed by atoms with Crippen LogP contribution in [0.3, 0.4) is 0 Å². The Morgan fingerprint density at radius 3 is 2.73 bits per heavy atom. The van der Waals surface area contributed by atoms with Crippen molar-refractivity contribution in [3.63, 3.8) is 0 Å². The summed E-state index contributed by atoms with van der Waals surface area (Å²) in [5.74, 6) is 0. The zero-order valence-electron chi connectivity index (χ0n) is 8.50. The third-order valence-corrected chi connectivity index (χ3v) is 4.36. The predicted molar refractivity (Wildman–Crippen MR) is 69.1 cm³/mol. The van der Waals surface area contributed by atoms with Crippen LogP contribution in [0.5, 0.6) is 0 Å². The number of halogens is 1. The number of fused-ring (bicyclic) bond motifs is 1. The van der Waals surface area contributed by atoms with Gasteiger partial charge in [-0.25, -0.2) is 0 Å². The Hall–Kier alpha value is -0.840. The van der Waals surface area contributed by atoms with E-state index in [0.29, 0.717) is 0 Å². The first-order chi connectivity index (χ1) is 7.15. The first-order valence-corrected chi connectivity index (χ1v) is 7.55. The van der Waals surface area contributed by atoms with Crippen LogP contribution in [0.1, 0.15) is 5.56 Å². The number of rotatable bonds is 1. The molecular formula is C11H10BrN2P. The van der Waals surface area contributed by atoms with Crippen LogP contribution in [0.15, 0.2) is 22.8 Å². The number of H-pyrrole nitrogens is 1. The highest BCUT2D eigenvalue weighted by Crippen LogP contribution is 2.32. The van der Waals surface area contributed by atoms with Crippen molar-refractivity contribution in [2.75, 3.05) is 13.3 Å². The number of nitrogens with zero attached hydrogens (tertiary/aromatic N) is 1. The van der Waals surface area contributed by atoms with Gasteiger partial charge in [-0.2, -0.15) is 5.26 Å². The van der Waals surface area contributed by atoms with Crippen molar-refractivity contribution >= 4 is 40.1 Å². The Morgan fingerprint density at radius 1 is 1.40 bits per heavy atom. The number of aromatic nitrogens is 1. The van der Waals surface area contributed by atoms with Gasteiger partial charge in [-0.15, -0.1) is 0 Å². The highest BCUT2D eigenvalue weighted by atomic mass is 79.9. The van der Waals surface area contributed by atoms with E-state index in [4.69, 9.17) is 5.26 Å². The van der Waals surface area contributed by atoms with Crippen molar-refractivity contribution in [1.82, 2.24) is 4.98 Å². The van der Waals surface area contributed by atoms with Gasteiger partial charge in [0.25, 0.3) is 0 Å². The lowest BCUT2D eigenvalue weighted by Gasteiger charge is -2.09. The maximum atomic E-state index is 9.07. The fourth-order valence-corrected chi connectivity index (χ4v) is 3.39. The first-order valence-electron chi connectivity index (χ1n) is 4.52. The topological polar surface area (TPSA) is 39.6 Å². The largest absolute Gasteiger partial charge is 0.359 e. The second-order valence-corrected chi connectivity index (χ2v) is 6.62. The lowest BCUT2D eigenvalue weighted by Crippen LogP contribution is -2.06. The van der Waals surface area contributed by atoms with Crippen LogP contribution in [-0.2, 0) is 0 Å². The van der Waals surface area contributed by atoms with Crippen molar-refractivity contribution in [2.45, 2.75) is 0 Å². The molecular weight excluding hydrogens is 271 g/mol. The fraction of sp³-hybridized carbons (Fsp3) is 0.182. The Morgan fingerprint density at radius 2 is 2.13 bits per heavy atom. The molecule has 0 unspecified atom stereocenters. The molecule has 0 aliphatic heterocycles. The molecule has 0 saturated carbocycles. The zero-order chi connectivity index (χ0) is 11.0.